The molecular formula is C19H21Cl3N4O. The molecule has 2 aromatic carbocycles. The molecule has 0 amide bonds. The minimum absolute atomic E-state index is 0. The quantitative estimate of drug-likeness (QED) is 0.456. The first-order valence-corrected chi connectivity index (χ1v) is 8.88. The van der Waals surface area contributed by atoms with Crippen LogP contribution in [0.3, 0.4) is 0 Å². The maximum atomic E-state index is 6.15. The van der Waals surface area contributed by atoms with Gasteiger partial charge in [-0.3, -0.25) is 4.99 Å². The van der Waals surface area contributed by atoms with Crippen LogP contribution in [0.15, 0.2) is 47.6 Å². The fourth-order valence-corrected chi connectivity index (χ4v) is 3.27. The molecule has 0 aliphatic rings. The molecule has 0 aliphatic heterocycles. The van der Waals surface area contributed by atoms with Crippen LogP contribution < -0.4 is 16.2 Å². The molecule has 0 bridgehead atoms. The number of hydrogen-bond acceptors (Lipinski definition) is 2. The summed E-state index contributed by atoms with van der Waals surface area (Å²) >= 11 is 12.2. The summed E-state index contributed by atoms with van der Waals surface area (Å²) in [4.78, 5) is 4.08. The summed E-state index contributed by atoms with van der Waals surface area (Å²) in [6.45, 7) is 1.22. The van der Waals surface area contributed by atoms with E-state index in [1.54, 1.807) is 7.11 Å². The Labute approximate surface area is 174 Å². The lowest BCUT2D eigenvalue weighted by Crippen LogP contribution is -2.23. The second-order valence-electron chi connectivity index (χ2n) is 5.97. The van der Waals surface area contributed by atoms with Crippen molar-refractivity contribution in [3.63, 3.8) is 0 Å². The van der Waals surface area contributed by atoms with Crippen molar-refractivity contribution in [3.8, 4) is 5.75 Å². The Morgan fingerprint density at radius 3 is 2.56 bits per heavy atom. The Morgan fingerprint density at radius 1 is 1.11 bits per heavy atom. The third kappa shape index (κ3) is 5.01. The minimum Gasteiger partial charge on any atom is -0.497 e. The third-order valence-electron chi connectivity index (χ3n) is 4.18. The topological polar surface area (TPSA) is 78.6 Å². The second-order valence-corrected chi connectivity index (χ2v) is 6.78. The second kappa shape index (κ2) is 9.22. The van der Waals surface area contributed by atoms with Crippen molar-refractivity contribution in [2.45, 2.75) is 13.0 Å². The van der Waals surface area contributed by atoms with Gasteiger partial charge in [-0.2, -0.15) is 0 Å². The summed E-state index contributed by atoms with van der Waals surface area (Å²) in [7, 11) is 1.66. The molecule has 1 aromatic heterocycles. The molecule has 1 heterocycles. The largest absolute Gasteiger partial charge is 0.497 e. The molecule has 0 unspecified atom stereocenters. The van der Waals surface area contributed by atoms with E-state index < -0.39 is 0 Å². The molecule has 0 saturated carbocycles. The average molecular weight is 428 g/mol. The van der Waals surface area contributed by atoms with E-state index in [1.165, 1.54) is 0 Å². The fraction of sp³-hybridized carbons (Fsp3) is 0.211. The Balaban J connectivity index is 0.00000261. The van der Waals surface area contributed by atoms with E-state index in [2.05, 4.69) is 21.8 Å². The van der Waals surface area contributed by atoms with Crippen LogP contribution in [0.25, 0.3) is 10.9 Å². The molecular weight excluding hydrogens is 407 g/mol. The number of aliphatic imine (C=N–C) groups is 1. The number of benzene rings is 2. The highest BCUT2D eigenvalue weighted by Gasteiger charge is 2.11. The zero-order chi connectivity index (χ0) is 18.7. The molecule has 8 heteroatoms. The molecule has 0 aliphatic carbocycles. The van der Waals surface area contributed by atoms with Crippen LogP contribution in [0.1, 0.15) is 11.1 Å². The number of halogens is 3. The molecule has 0 radical (unpaired) electrons. The van der Waals surface area contributed by atoms with Crippen molar-refractivity contribution in [1.29, 1.82) is 0 Å². The summed E-state index contributed by atoms with van der Waals surface area (Å²) in [6.07, 6.45) is 2.85. The summed E-state index contributed by atoms with van der Waals surface area (Å²) in [5.41, 5.74) is 14.2. The van der Waals surface area contributed by atoms with Crippen molar-refractivity contribution in [2.75, 3.05) is 13.7 Å². The first-order chi connectivity index (χ1) is 12.5. The molecule has 5 nitrogen and oxygen atoms in total. The van der Waals surface area contributed by atoms with Crippen molar-refractivity contribution in [3.05, 3.63) is 63.8 Å². The van der Waals surface area contributed by atoms with E-state index in [-0.39, 0.29) is 18.4 Å². The molecule has 0 spiro atoms. The maximum Gasteiger partial charge on any atom is 0.185 e. The van der Waals surface area contributed by atoms with E-state index in [0.29, 0.717) is 23.1 Å². The smallest absolute Gasteiger partial charge is 0.185 e. The zero-order valence-electron chi connectivity index (χ0n) is 14.8. The first kappa shape index (κ1) is 21.2. The molecule has 27 heavy (non-hydrogen) atoms. The van der Waals surface area contributed by atoms with Gasteiger partial charge < -0.3 is 20.8 Å². The number of nitrogens with zero attached hydrogens (tertiary/aromatic N) is 2. The molecule has 0 saturated heterocycles. The third-order valence-corrected chi connectivity index (χ3v) is 4.92. The van der Waals surface area contributed by atoms with Gasteiger partial charge in [0.1, 0.15) is 5.75 Å². The van der Waals surface area contributed by atoms with Crippen LogP contribution in [0, 0.1) is 0 Å². The number of nitrogens with two attached hydrogens (primary N) is 2. The van der Waals surface area contributed by atoms with E-state index >= 15 is 0 Å². The number of aromatic nitrogens is 1. The monoisotopic (exact) mass is 426 g/mol. The number of hydrogen-bond donors (Lipinski definition) is 2. The van der Waals surface area contributed by atoms with Crippen LogP contribution in [-0.4, -0.2) is 24.2 Å². The zero-order valence-corrected chi connectivity index (χ0v) is 17.1. The van der Waals surface area contributed by atoms with E-state index in [0.717, 1.165) is 34.2 Å². The lowest BCUT2D eigenvalue weighted by atomic mass is 10.1. The lowest BCUT2D eigenvalue weighted by Gasteiger charge is -2.07. The van der Waals surface area contributed by atoms with E-state index in [4.69, 9.17) is 39.4 Å². The number of fused-ring (bicyclic) bond motifs is 1. The highest BCUT2D eigenvalue weighted by Crippen LogP contribution is 2.28. The van der Waals surface area contributed by atoms with Gasteiger partial charge in [-0.25, -0.2) is 0 Å². The van der Waals surface area contributed by atoms with Crippen molar-refractivity contribution in [2.24, 2.45) is 16.5 Å². The van der Waals surface area contributed by atoms with E-state index in [9.17, 15) is 0 Å². The standard InChI is InChI=1S/C19H20Cl2N4O.ClH/c1-26-14-3-5-18-15(9-14)13(6-7-24-19(22)23)11-25(18)10-12-2-4-16(20)17(21)8-12;/h2-5,8-9,11H,6-7,10H2,1H3,(H4,22,23,24);1H. The Bertz CT molecular complexity index is 965. The summed E-state index contributed by atoms with van der Waals surface area (Å²) in [6, 6.07) is 11.7. The predicted molar refractivity (Wildman–Crippen MR) is 116 cm³/mol. The van der Waals surface area contributed by atoms with Gasteiger partial charge in [0.15, 0.2) is 5.96 Å². The lowest BCUT2D eigenvalue weighted by molar-refractivity contribution is 0.415. The van der Waals surface area contributed by atoms with E-state index in [1.807, 2.05) is 30.3 Å². The number of ether oxygens (including phenoxy) is 1. The van der Waals surface area contributed by atoms with Gasteiger partial charge in [0.25, 0.3) is 0 Å². The highest BCUT2D eigenvalue weighted by molar-refractivity contribution is 6.42. The van der Waals surface area contributed by atoms with Crippen molar-refractivity contribution >= 4 is 52.5 Å². The van der Waals surface area contributed by atoms with Gasteiger partial charge >= 0.3 is 0 Å². The van der Waals surface area contributed by atoms with Crippen LogP contribution in [0.2, 0.25) is 10.0 Å². The first-order valence-electron chi connectivity index (χ1n) is 8.13. The summed E-state index contributed by atoms with van der Waals surface area (Å²) < 4.78 is 7.55. The fourth-order valence-electron chi connectivity index (χ4n) is 2.95. The predicted octanol–water partition coefficient (Wildman–Crippen LogP) is 4.24. The number of rotatable bonds is 6. The van der Waals surface area contributed by atoms with Crippen molar-refractivity contribution < 1.29 is 4.74 Å². The van der Waals surface area contributed by atoms with Gasteiger partial charge in [-0.05, 0) is 47.9 Å². The van der Waals surface area contributed by atoms with Gasteiger partial charge in [-0.1, -0.05) is 29.3 Å². The molecule has 0 fully saturated rings. The molecule has 144 valence electrons. The average Bonchev–Trinajstić information content (AvgIpc) is 2.95. The van der Waals surface area contributed by atoms with Crippen LogP contribution in [0.5, 0.6) is 5.75 Å². The van der Waals surface area contributed by atoms with Gasteiger partial charge in [0.05, 0.1) is 17.2 Å². The Hall–Kier alpha value is -2.08. The molecule has 0 atom stereocenters. The van der Waals surface area contributed by atoms with Gasteiger partial charge in [0.2, 0.25) is 0 Å². The van der Waals surface area contributed by atoms with Crippen LogP contribution in [-0.2, 0) is 13.0 Å². The summed E-state index contributed by atoms with van der Waals surface area (Å²) in [5, 5.41) is 2.22. The van der Waals surface area contributed by atoms with Gasteiger partial charge in [0, 0.05) is 30.2 Å². The van der Waals surface area contributed by atoms with Gasteiger partial charge in [-0.15, -0.1) is 12.4 Å². The normalized spacial score (nSPS) is 10.5. The molecule has 4 N–H and O–H groups in total. The SMILES string of the molecule is COc1ccc2c(c1)c(CCN=C(N)N)cn2Cc1ccc(Cl)c(Cl)c1.Cl. The summed E-state index contributed by atoms with van der Waals surface area (Å²) in [5.74, 6) is 0.912. The maximum absolute atomic E-state index is 6.15. The highest BCUT2D eigenvalue weighted by atomic mass is 35.5. The van der Waals surface area contributed by atoms with Crippen LogP contribution >= 0.6 is 35.6 Å². The number of methoxy groups -OCH3 is 1. The Kier molecular flexibility index (Phi) is 7.25. The molecule has 3 rings (SSSR count). The Morgan fingerprint density at radius 2 is 1.89 bits per heavy atom. The minimum atomic E-state index is 0. The van der Waals surface area contributed by atoms with Crippen LogP contribution in [0.4, 0.5) is 0 Å². The van der Waals surface area contributed by atoms with Crippen molar-refractivity contribution in [1.82, 2.24) is 4.57 Å². The number of guanidine groups is 1. The molecule has 3 aromatic rings.